The zero-order valence-corrected chi connectivity index (χ0v) is 11.8. The molecule has 1 saturated heterocycles. The largest absolute Gasteiger partial charge is 0.311 e. The third kappa shape index (κ3) is 4.06. The Morgan fingerprint density at radius 3 is 2.62 bits per heavy atom. The summed E-state index contributed by atoms with van der Waals surface area (Å²) >= 11 is 0. The number of nitrogens with one attached hydrogen (secondary N) is 1. The molecule has 0 saturated carbocycles. The summed E-state index contributed by atoms with van der Waals surface area (Å²) in [6.07, 6.45) is 4.04. The van der Waals surface area contributed by atoms with Crippen molar-refractivity contribution >= 4 is 0 Å². The maximum absolute atomic E-state index is 3.66. The van der Waals surface area contributed by atoms with Crippen molar-refractivity contribution in [2.45, 2.75) is 66.0 Å². The van der Waals surface area contributed by atoms with Gasteiger partial charge in [-0.15, -0.1) is 0 Å². The van der Waals surface area contributed by atoms with E-state index in [9.17, 15) is 0 Å². The van der Waals surface area contributed by atoms with Crippen molar-refractivity contribution in [1.82, 2.24) is 10.2 Å². The summed E-state index contributed by atoms with van der Waals surface area (Å²) in [5, 5.41) is 3.66. The molecule has 1 rings (SSSR count). The second kappa shape index (κ2) is 6.02. The van der Waals surface area contributed by atoms with E-state index in [0.29, 0.717) is 11.5 Å². The van der Waals surface area contributed by atoms with Gasteiger partial charge in [0.15, 0.2) is 0 Å². The lowest BCUT2D eigenvalue weighted by molar-refractivity contribution is 0.0996. The first kappa shape index (κ1) is 14.0. The first-order chi connectivity index (χ1) is 7.45. The lowest BCUT2D eigenvalue weighted by atomic mass is 9.85. The van der Waals surface area contributed by atoms with Crippen LogP contribution in [0.4, 0.5) is 0 Å². The van der Waals surface area contributed by atoms with Gasteiger partial charge in [0.2, 0.25) is 0 Å². The monoisotopic (exact) mass is 226 g/mol. The van der Waals surface area contributed by atoms with Gasteiger partial charge in [-0.1, -0.05) is 40.5 Å². The Labute approximate surface area is 102 Å². The van der Waals surface area contributed by atoms with E-state index in [0.717, 1.165) is 12.6 Å². The van der Waals surface area contributed by atoms with Gasteiger partial charge in [-0.25, -0.2) is 0 Å². The van der Waals surface area contributed by atoms with Crippen LogP contribution in [0.15, 0.2) is 0 Å². The fraction of sp³-hybridized carbons (Fsp3) is 1.00. The van der Waals surface area contributed by atoms with Gasteiger partial charge >= 0.3 is 0 Å². The van der Waals surface area contributed by atoms with Crippen LogP contribution in [0.3, 0.4) is 0 Å². The number of hydrogen-bond donors (Lipinski definition) is 1. The van der Waals surface area contributed by atoms with Gasteiger partial charge in [-0.2, -0.15) is 0 Å². The molecule has 0 aromatic heterocycles. The van der Waals surface area contributed by atoms with Crippen LogP contribution in [0, 0.1) is 5.41 Å². The van der Waals surface area contributed by atoms with Crippen molar-refractivity contribution in [3.05, 3.63) is 0 Å². The fourth-order valence-corrected chi connectivity index (χ4v) is 2.44. The van der Waals surface area contributed by atoms with Crippen LogP contribution in [0.25, 0.3) is 0 Å². The summed E-state index contributed by atoms with van der Waals surface area (Å²) < 4.78 is 0. The second-order valence-corrected chi connectivity index (χ2v) is 6.36. The van der Waals surface area contributed by atoms with E-state index in [4.69, 9.17) is 0 Å². The molecule has 1 N–H and O–H groups in total. The standard InChI is InChI=1S/C14H30N2/c1-6-7-8-12(2)16-10-9-15-13(11-16)14(3,4)5/h12-13,15H,6-11H2,1-5H3. The normalized spacial score (nSPS) is 25.7. The molecule has 1 fully saturated rings. The number of rotatable bonds is 4. The van der Waals surface area contributed by atoms with Gasteiger partial charge in [0.1, 0.15) is 0 Å². The van der Waals surface area contributed by atoms with E-state index < -0.39 is 0 Å². The zero-order chi connectivity index (χ0) is 12.2. The maximum atomic E-state index is 3.66. The van der Waals surface area contributed by atoms with E-state index in [1.54, 1.807) is 0 Å². The minimum atomic E-state index is 0.378. The molecule has 2 atom stereocenters. The second-order valence-electron chi connectivity index (χ2n) is 6.36. The smallest absolute Gasteiger partial charge is 0.0244 e. The molecule has 0 aromatic carbocycles. The molecular formula is C14H30N2. The third-order valence-corrected chi connectivity index (χ3v) is 3.85. The van der Waals surface area contributed by atoms with E-state index in [1.165, 1.54) is 32.4 Å². The lowest BCUT2D eigenvalue weighted by Gasteiger charge is -2.43. The van der Waals surface area contributed by atoms with Gasteiger partial charge in [0.05, 0.1) is 0 Å². The Hall–Kier alpha value is -0.0800. The number of hydrogen-bond acceptors (Lipinski definition) is 2. The fourth-order valence-electron chi connectivity index (χ4n) is 2.44. The van der Waals surface area contributed by atoms with Crippen LogP contribution in [0.5, 0.6) is 0 Å². The minimum absolute atomic E-state index is 0.378. The number of nitrogens with zero attached hydrogens (tertiary/aromatic N) is 1. The lowest BCUT2D eigenvalue weighted by Crippen LogP contribution is -2.57. The molecular weight excluding hydrogens is 196 g/mol. The molecule has 1 heterocycles. The van der Waals surface area contributed by atoms with Crippen LogP contribution in [0.2, 0.25) is 0 Å². The molecule has 96 valence electrons. The molecule has 1 aliphatic heterocycles. The average molecular weight is 226 g/mol. The minimum Gasteiger partial charge on any atom is -0.311 e. The van der Waals surface area contributed by atoms with Crippen LogP contribution >= 0.6 is 0 Å². The molecule has 0 aliphatic carbocycles. The SMILES string of the molecule is CCCCC(C)N1CCNC(C(C)(C)C)C1. The maximum Gasteiger partial charge on any atom is 0.0244 e. The van der Waals surface area contributed by atoms with Crippen LogP contribution in [-0.2, 0) is 0 Å². The molecule has 0 radical (unpaired) electrons. The molecule has 0 bridgehead atoms. The van der Waals surface area contributed by atoms with Crippen molar-refractivity contribution < 1.29 is 0 Å². The quantitative estimate of drug-likeness (QED) is 0.793. The Bertz CT molecular complexity index is 195. The summed E-state index contributed by atoms with van der Waals surface area (Å²) in [5.41, 5.74) is 0.378. The van der Waals surface area contributed by atoms with E-state index in [-0.39, 0.29) is 0 Å². The third-order valence-electron chi connectivity index (χ3n) is 3.85. The number of unbranched alkanes of at least 4 members (excludes halogenated alkanes) is 1. The summed E-state index contributed by atoms with van der Waals surface area (Å²) in [5.74, 6) is 0. The van der Waals surface area contributed by atoms with Crippen molar-refractivity contribution in [3.8, 4) is 0 Å². The Kier molecular flexibility index (Phi) is 5.26. The summed E-state index contributed by atoms with van der Waals surface area (Å²) in [6, 6.07) is 1.40. The topological polar surface area (TPSA) is 15.3 Å². The van der Waals surface area contributed by atoms with E-state index in [2.05, 4.69) is 44.8 Å². The van der Waals surface area contributed by atoms with Crippen LogP contribution in [-0.4, -0.2) is 36.6 Å². The highest BCUT2D eigenvalue weighted by Crippen LogP contribution is 2.23. The molecule has 2 nitrogen and oxygen atoms in total. The van der Waals surface area contributed by atoms with E-state index in [1.807, 2.05) is 0 Å². The average Bonchev–Trinajstić information content (AvgIpc) is 2.25. The first-order valence-electron chi connectivity index (χ1n) is 6.92. The Morgan fingerprint density at radius 2 is 2.06 bits per heavy atom. The summed E-state index contributed by atoms with van der Waals surface area (Å²) in [4.78, 5) is 2.67. The summed E-state index contributed by atoms with van der Waals surface area (Å²) in [7, 11) is 0. The van der Waals surface area contributed by atoms with Crippen LogP contribution < -0.4 is 5.32 Å². The molecule has 0 spiro atoms. The van der Waals surface area contributed by atoms with Crippen molar-refractivity contribution in [2.75, 3.05) is 19.6 Å². The molecule has 2 unspecified atom stereocenters. The first-order valence-corrected chi connectivity index (χ1v) is 6.92. The molecule has 0 aromatic rings. The van der Waals surface area contributed by atoms with Crippen molar-refractivity contribution in [2.24, 2.45) is 5.41 Å². The van der Waals surface area contributed by atoms with Gasteiger partial charge in [0.25, 0.3) is 0 Å². The van der Waals surface area contributed by atoms with Gasteiger partial charge in [-0.3, -0.25) is 4.90 Å². The zero-order valence-electron chi connectivity index (χ0n) is 11.8. The highest BCUT2D eigenvalue weighted by Gasteiger charge is 2.30. The Balaban J connectivity index is 2.43. The Morgan fingerprint density at radius 1 is 1.38 bits per heavy atom. The predicted molar refractivity (Wildman–Crippen MR) is 71.8 cm³/mol. The number of piperazine rings is 1. The van der Waals surface area contributed by atoms with Crippen LogP contribution in [0.1, 0.15) is 53.9 Å². The molecule has 0 amide bonds. The van der Waals surface area contributed by atoms with Crippen molar-refractivity contribution in [1.29, 1.82) is 0 Å². The van der Waals surface area contributed by atoms with Crippen molar-refractivity contribution in [3.63, 3.8) is 0 Å². The highest BCUT2D eigenvalue weighted by molar-refractivity contribution is 4.88. The van der Waals surface area contributed by atoms with Gasteiger partial charge < -0.3 is 5.32 Å². The van der Waals surface area contributed by atoms with Gasteiger partial charge in [-0.05, 0) is 18.8 Å². The van der Waals surface area contributed by atoms with E-state index >= 15 is 0 Å². The molecule has 16 heavy (non-hydrogen) atoms. The predicted octanol–water partition coefficient (Wildman–Crippen LogP) is 2.89. The highest BCUT2D eigenvalue weighted by atomic mass is 15.2. The summed E-state index contributed by atoms with van der Waals surface area (Å²) in [6.45, 7) is 15.3. The van der Waals surface area contributed by atoms with Gasteiger partial charge in [0, 0.05) is 31.7 Å². The molecule has 1 aliphatic rings. The molecule has 2 heteroatoms.